The lowest BCUT2D eigenvalue weighted by Gasteiger charge is -2.29. The monoisotopic (exact) mass is 960 g/mol. The molecule has 4 aliphatic rings. The SMILES string of the molecule is O=C(N[C@@H](C(=O)N1CCC[C@H]1c1ncc(-c2ccc(C#Cc3ccc4nc([C@@H]5CCCN5C(=O)[C@H](NC(=O)OC5CCOCC5)c5ccccc5)[nH]c4c3)cc2F)[nH]1)c1ccccc1)OC1CCCCC1. The van der Waals surface area contributed by atoms with E-state index in [1.807, 2.05) is 78.9 Å². The lowest BCUT2D eigenvalue weighted by molar-refractivity contribution is -0.135. The van der Waals surface area contributed by atoms with Crippen LogP contribution in [0.2, 0.25) is 0 Å². The van der Waals surface area contributed by atoms with Crippen LogP contribution < -0.4 is 10.6 Å². The molecule has 1 saturated carbocycles. The van der Waals surface area contributed by atoms with E-state index < -0.39 is 36.1 Å². The largest absolute Gasteiger partial charge is 0.446 e. The fourth-order valence-corrected chi connectivity index (χ4v) is 10.3. The Kier molecular flexibility index (Phi) is 14.4. The molecule has 0 radical (unpaired) electrons. The van der Waals surface area contributed by atoms with Crippen LogP contribution in [-0.2, 0) is 23.8 Å². The predicted octanol–water partition coefficient (Wildman–Crippen LogP) is 9.27. The third-order valence-electron chi connectivity index (χ3n) is 14.0. The molecule has 3 saturated heterocycles. The molecule has 0 spiro atoms. The van der Waals surface area contributed by atoms with Gasteiger partial charge in [-0.05, 0) is 98.9 Å². The summed E-state index contributed by atoms with van der Waals surface area (Å²) in [5.41, 5.74) is 4.71. The number of carbonyl (C=O) groups is 4. The first-order valence-corrected chi connectivity index (χ1v) is 24.8. The molecular weight excluding hydrogens is 904 g/mol. The van der Waals surface area contributed by atoms with Crippen LogP contribution >= 0.6 is 0 Å². The summed E-state index contributed by atoms with van der Waals surface area (Å²) in [6.45, 7) is 2.03. The van der Waals surface area contributed by atoms with Crippen molar-refractivity contribution in [1.82, 2.24) is 40.4 Å². The Bertz CT molecular complexity index is 2920. The maximum Gasteiger partial charge on any atom is 0.408 e. The van der Waals surface area contributed by atoms with Gasteiger partial charge in [-0.2, -0.15) is 0 Å². The minimum Gasteiger partial charge on any atom is -0.446 e. The van der Waals surface area contributed by atoms with Gasteiger partial charge in [0.1, 0.15) is 41.8 Å². The highest BCUT2D eigenvalue weighted by atomic mass is 19.1. The minimum atomic E-state index is -0.947. The van der Waals surface area contributed by atoms with E-state index in [4.69, 9.17) is 19.2 Å². The van der Waals surface area contributed by atoms with Crippen molar-refractivity contribution < 1.29 is 37.8 Å². The van der Waals surface area contributed by atoms with Crippen LogP contribution in [0.3, 0.4) is 0 Å². The number of imidazole rings is 2. The van der Waals surface area contributed by atoms with Crippen molar-refractivity contribution in [2.75, 3.05) is 26.3 Å². The highest BCUT2D eigenvalue weighted by molar-refractivity contribution is 5.88. The van der Waals surface area contributed by atoms with E-state index >= 15 is 4.39 Å². The zero-order chi connectivity index (χ0) is 48.7. The van der Waals surface area contributed by atoms with Crippen molar-refractivity contribution >= 4 is 35.0 Å². The molecule has 6 aromatic rings. The first kappa shape index (κ1) is 47.2. The molecular formula is C55H57FN8O7. The smallest absolute Gasteiger partial charge is 0.408 e. The fraction of sp³-hybridized carbons (Fsp3) is 0.382. The molecule has 10 rings (SSSR count). The molecule has 1 aliphatic carbocycles. The number of rotatable bonds is 11. The van der Waals surface area contributed by atoms with Gasteiger partial charge in [-0.3, -0.25) is 9.59 Å². The molecule has 4 amide bonds. The van der Waals surface area contributed by atoms with Crippen molar-refractivity contribution in [3.63, 3.8) is 0 Å². The molecule has 366 valence electrons. The predicted molar refractivity (Wildman–Crippen MR) is 262 cm³/mol. The number of fused-ring (bicyclic) bond motifs is 1. The Morgan fingerprint density at radius 2 is 1.21 bits per heavy atom. The van der Waals surface area contributed by atoms with Gasteiger partial charge in [-0.15, -0.1) is 0 Å². The van der Waals surface area contributed by atoms with Crippen LogP contribution in [0.25, 0.3) is 22.3 Å². The molecule has 2 aromatic heterocycles. The van der Waals surface area contributed by atoms with Crippen molar-refractivity contribution in [1.29, 1.82) is 0 Å². The summed E-state index contributed by atoms with van der Waals surface area (Å²) in [6.07, 6.45) is 8.76. The number of carbonyl (C=O) groups excluding carboxylic acids is 4. The highest BCUT2D eigenvalue weighted by Crippen LogP contribution is 2.36. The molecule has 0 bridgehead atoms. The molecule has 5 heterocycles. The number of nitrogens with one attached hydrogen (secondary N) is 4. The van der Waals surface area contributed by atoms with E-state index in [2.05, 4.69) is 37.4 Å². The zero-order valence-corrected chi connectivity index (χ0v) is 39.4. The summed E-state index contributed by atoms with van der Waals surface area (Å²) in [6, 6.07) is 26.1. The Morgan fingerprint density at radius 1 is 0.648 bits per heavy atom. The number of amides is 4. The Labute approximate surface area is 411 Å². The Hall–Kier alpha value is -7.51. The van der Waals surface area contributed by atoms with E-state index in [1.54, 1.807) is 28.1 Å². The second-order valence-electron chi connectivity index (χ2n) is 18.7. The average Bonchev–Trinajstić information content (AvgIpc) is 4.25. The first-order valence-electron chi connectivity index (χ1n) is 24.8. The molecule has 16 heteroatoms. The quantitative estimate of drug-likeness (QED) is 0.0920. The van der Waals surface area contributed by atoms with E-state index in [9.17, 15) is 19.2 Å². The number of likely N-dealkylation sites (tertiary alicyclic amines) is 2. The van der Waals surface area contributed by atoms with E-state index in [1.165, 1.54) is 6.07 Å². The molecule has 4 atom stereocenters. The van der Waals surface area contributed by atoms with Gasteiger partial charge in [-0.25, -0.2) is 23.9 Å². The summed E-state index contributed by atoms with van der Waals surface area (Å²) in [7, 11) is 0. The topological polar surface area (TPSA) is 184 Å². The van der Waals surface area contributed by atoms with Crippen molar-refractivity contribution in [3.05, 3.63) is 143 Å². The first-order chi connectivity index (χ1) is 34.7. The molecule has 3 aliphatic heterocycles. The van der Waals surface area contributed by atoms with E-state index in [0.29, 0.717) is 103 Å². The number of aromatic nitrogens is 4. The average molecular weight is 961 g/mol. The van der Waals surface area contributed by atoms with Crippen molar-refractivity contribution in [3.8, 4) is 23.1 Å². The number of H-pyrrole nitrogens is 2. The summed E-state index contributed by atoms with van der Waals surface area (Å²) in [5.74, 6) is 6.42. The number of aromatic amines is 2. The third kappa shape index (κ3) is 11.0. The number of nitrogens with zero attached hydrogens (tertiary/aromatic N) is 4. The maximum atomic E-state index is 15.9. The molecule has 71 heavy (non-hydrogen) atoms. The number of hydrogen-bond acceptors (Lipinski definition) is 9. The van der Waals surface area contributed by atoms with Gasteiger partial charge < -0.3 is 44.6 Å². The summed E-state index contributed by atoms with van der Waals surface area (Å²) in [4.78, 5) is 74.5. The minimum absolute atomic E-state index is 0.158. The summed E-state index contributed by atoms with van der Waals surface area (Å²) < 4.78 is 32.7. The second kappa shape index (κ2) is 21.6. The van der Waals surface area contributed by atoms with Crippen molar-refractivity contribution in [2.45, 2.75) is 107 Å². The molecule has 4 N–H and O–H groups in total. The Balaban J connectivity index is 0.802. The number of hydrogen-bond donors (Lipinski definition) is 4. The third-order valence-corrected chi connectivity index (χ3v) is 14.0. The lowest BCUT2D eigenvalue weighted by Crippen LogP contribution is -2.44. The van der Waals surface area contributed by atoms with Gasteiger partial charge in [0.15, 0.2) is 0 Å². The fourth-order valence-electron chi connectivity index (χ4n) is 10.3. The van der Waals surface area contributed by atoms with Crippen LogP contribution in [0, 0.1) is 17.7 Å². The van der Waals surface area contributed by atoms with E-state index in [-0.39, 0.29) is 30.1 Å². The lowest BCUT2D eigenvalue weighted by atomic mass is 9.98. The normalized spacial score (nSPS) is 19.4. The number of ether oxygens (including phenoxy) is 3. The molecule has 4 fully saturated rings. The number of halogens is 1. The van der Waals surface area contributed by atoms with Crippen LogP contribution in [0.1, 0.15) is 129 Å². The van der Waals surface area contributed by atoms with Crippen LogP contribution in [0.15, 0.2) is 103 Å². The van der Waals surface area contributed by atoms with Gasteiger partial charge in [0.05, 0.1) is 48.2 Å². The van der Waals surface area contributed by atoms with Crippen molar-refractivity contribution in [2.24, 2.45) is 0 Å². The molecule has 0 unspecified atom stereocenters. The van der Waals surface area contributed by atoms with Gasteiger partial charge >= 0.3 is 12.2 Å². The van der Waals surface area contributed by atoms with Gasteiger partial charge in [0, 0.05) is 42.6 Å². The summed E-state index contributed by atoms with van der Waals surface area (Å²) >= 11 is 0. The highest BCUT2D eigenvalue weighted by Gasteiger charge is 2.39. The van der Waals surface area contributed by atoms with Crippen LogP contribution in [0.4, 0.5) is 14.0 Å². The van der Waals surface area contributed by atoms with Crippen LogP contribution in [-0.4, -0.2) is 92.2 Å². The second-order valence-corrected chi connectivity index (χ2v) is 18.7. The van der Waals surface area contributed by atoms with E-state index in [0.717, 1.165) is 50.5 Å². The van der Waals surface area contributed by atoms with Crippen LogP contribution in [0.5, 0.6) is 0 Å². The molecule has 15 nitrogen and oxygen atoms in total. The molecule has 4 aromatic carbocycles. The number of benzene rings is 4. The van der Waals surface area contributed by atoms with Gasteiger partial charge in [0.2, 0.25) is 0 Å². The van der Waals surface area contributed by atoms with Gasteiger partial charge in [0.25, 0.3) is 11.8 Å². The van der Waals surface area contributed by atoms with Gasteiger partial charge in [-0.1, -0.05) is 78.9 Å². The summed E-state index contributed by atoms with van der Waals surface area (Å²) in [5, 5.41) is 5.71. The Morgan fingerprint density at radius 3 is 1.82 bits per heavy atom. The standard InChI is InChI=1S/C55H57FN8O7/c56-42-32-35(22-24-41(42)45-34-57-50(60-45)46-18-10-28-63(46)52(65)48(37-12-4-1-5-13-37)61-54(67)70-39-16-8-3-9-17-39)20-21-36-23-25-43-44(33-36)59-51(58-43)47-19-11-29-64(47)53(66)49(38-14-6-2-7-15-38)62-55(68)71-40-26-30-69-31-27-40/h1-2,4-7,12-15,22-25,32-34,39-40,46-49H,3,8-11,16-19,26-31H2,(H,57,60)(H,58,59)(H,61,67)(H,62,68)/t46-,47-,48+,49+/m0/s1. The zero-order valence-electron chi connectivity index (χ0n) is 39.4. The maximum absolute atomic E-state index is 15.9. The number of alkyl carbamates (subject to hydrolysis) is 2.